The van der Waals surface area contributed by atoms with Crippen molar-refractivity contribution in [2.24, 2.45) is 4.99 Å². The Kier molecular flexibility index (Phi) is 16.6. The molecule has 0 spiro atoms. The molecule has 166 valence electrons. The smallest absolute Gasteiger partial charge is 0.409 e. The predicted molar refractivity (Wildman–Crippen MR) is 128 cm³/mol. The van der Waals surface area contributed by atoms with E-state index >= 15 is 0 Å². The molecule has 0 aromatic heterocycles. The molecule has 1 amide bonds. The van der Waals surface area contributed by atoms with Crippen LogP contribution in [0.3, 0.4) is 0 Å². The summed E-state index contributed by atoms with van der Waals surface area (Å²) in [5.74, 6) is 0.893. The number of amides is 1. The molecule has 0 aliphatic carbocycles. The van der Waals surface area contributed by atoms with Gasteiger partial charge in [-0.25, -0.2) is 4.79 Å². The molecule has 0 saturated carbocycles. The van der Waals surface area contributed by atoms with Gasteiger partial charge in [0.1, 0.15) is 0 Å². The Balaban J connectivity index is 0.00000729. The maximum atomic E-state index is 11.8. The fourth-order valence-corrected chi connectivity index (χ4v) is 3.39. The first-order valence-electron chi connectivity index (χ1n) is 10.8. The van der Waals surface area contributed by atoms with Crippen LogP contribution in [0.5, 0.6) is 0 Å². The summed E-state index contributed by atoms with van der Waals surface area (Å²) in [6.45, 7) is 15.5. The lowest BCUT2D eigenvalue weighted by Gasteiger charge is -2.32. The Morgan fingerprint density at radius 2 is 1.75 bits per heavy atom. The summed E-state index contributed by atoms with van der Waals surface area (Å²) >= 11 is 0. The highest BCUT2D eigenvalue weighted by atomic mass is 127. The molecule has 1 aliphatic rings. The molecule has 0 atom stereocenters. The Morgan fingerprint density at radius 3 is 2.29 bits per heavy atom. The van der Waals surface area contributed by atoms with Crippen molar-refractivity contribution in [3.8, 4) is 0 Å². The largest absolute Gasteiger partial charge is 0.450 e. The van der Waals surface area contributed by atoms with Crippen LogP contribution in [0.1, 0.15) is 59.8 Å². The van der Waals surface area contributed by atoms with E-state index in [1.54, 1.807) is 4.90 Å². The molecule has 8 heteroatoms. The third-order valence-corrected chi connectivity index (χ3v) is 4.69. The first-order valence-corrected chi connectivity index (χ1v) is 10.8. The van der Waals surface area contributed by atoms with E-state index in [0.29, 0.717) is 12.6 Å². The number of hydrogen-bond acceptors (Lipinski definition) is 4. The quantitative estimate of drug-likeness (QED) is 0.193. The van der Waals surface area contributed by atoms with Gasteiger partial charge in [-0.1, -0.05) is 13.8 Å². The highest BCUT2D eigenvalue weighted by Crippen LogP contribution is 2.11. The van der Waals surface area contributed by atoms with Gasteiger partial charge >= 0.3 is 6.09 Å². The van der Waals surface area contributed by atoms with Gasteiger partial charge in [-0.05, 0) is 65.6 Å². The van der Waals surface area contributed by atoms with Crippen LogP contribution in [-0.2, 0) is 4.74 Å². The van der Waals surface area contributed by atoms with E-state index in [1.165, 1.54) is 25.9 Å². The summed E-state index contributed by atoms with van der Waals surface area (Å²) in [6.07, 6.45) is 5.14. The van der Waals surface area contributed by atoms with Crippen LogP contribution in [0.15, 0.2) is 4.99 Å². The lowest BCUT2D eigenvalue weighted by Crippen LogP contribution is -2.50. The lowest BCUT2D eigenvalue weighted by atomic mass is 10.1. The van der Waals surface area contributed by atoms with Gasteiger partial charge in [0.25, 0.3) is 0 Å². The van der Waals surface area contributed by atoms with Gasteiger partial charge < -0.3 is 25.2 Å². The van der Waals surface area contributed by atoms with Gasteiger partial charge in [0, 0.05) is 32.2 Å². The molecule has 0 unspecified atom stereocenters. The van der Waals surface area contributed by atoms with E-state index < -0.39 is 0 Å². The zero-order chi connectivity index (χ0) is 19.9. The molecule has 1 heterocycles. The molecule has 0 bridgehead atoms. The number of piperidine rings is 1. The van der Waals surface area contributed by atoms with Gasteiger partial charge in [0.2, 0.25) is 0 Å². The molecule has 1 aliphatic heterocycles. The molecule has 0 radical (unpaired) electrons. The predicted octanol–water partition coefficient (Wildman–Crippen LogP) is 3.29. The number of hydrogen-bond donors (Lipinski definition) is 2. The first kappa shape index (κ1) is 27.2. The van der Waals surface area contributed by atoms with Crippen molar-refractivity contribution in [3.63, 3.8) is 0 Å². The van der Waals surface area contributed by atoms with Gasteiger partial charge in [0.15, 0.2) is 5.96 Å². The summed E-state index contributed by atoms with van der Waals surface area (Å²) in [5, 5.41) is 6.88. The topological polar surface area (TPSA) is 69.2 Å². The Bertz CT molecular complexity index is 423. The molecular formula is C20H42IN5O2. The summed E-state index contributed by atoms with van der Waals surface area (Å²) in [7, 11) is 0. The molecule has 7 nitrogen and oxygen atoms in total. The number of carbonyl (C=O) groups excluding carboxylic acids is 1. The number of carbonyl (C=O) groups is 1. The monoisotopic (exact) mass is 511 g/mol. The van der Waals surface area contributed by atoms with Crippen LogP contribution in [0, 0.1) is 0 Å². The molecule has 1 fully saturated rings. The van der Waals surface area contributed by atoms with E-state index in [4.69, 9.17) is 9.73 Å². The number of nitrogens with zero attached hydrogens (tertiary/aromatic N) is 3. The average Bonchev–Trinajstić information content (AvgIpc) is 2.66. The van der Waals surface area contributed by atoms with Crippen molar-refractivity contribution in [1.82, 2.24) is 20.4 Å². The first-order chi connectivity index (χ1) is 13.1. The molecule has 1 rings (SSSR count). The van der Waals surface area contributed by atoms with E-state index in [0.717, 1.165) is 57.9 Å². The number of aliphatic imine (C=N–C) groups is 1. The maximum absolute atomic E-state index is 11.8. The van der Waals surface area contributed by atoms with Gasteiger partial charge in [0.05, 0.1) is 6.61 Å². The fourth-order valence-electron chi connectivity index (χ4n) is 3.39. The van der Waals surface area contributed by atoms with Crippen LogP contribution in [0.2, 0.25) is 0 Å². The van der Waals surface area contributed by atoms with E-state index in [2.05, 4.69) is 36.3 Å². The second-order valence-corrected chi connectivity index (χ2v) is 7.06. The maximum Gasteiger partial charge on any atom is 0.409 e. The Hall–Kier alpha value is -0.770. The zero-order valence-electron chi connectivity index (χ0n) is 18.3. The van der Waals surface area contributed by atoms with Gasteiger partial charge in [-0.15, -0.1) is 24.0 Å². The summed E-state index contributed by atoms with van der Waals surface area (Å²) in [5.41, 5.74) is 0. The minimum atomic E-state index is -0.194. The van der Waals surface area contributed by atoms with Crippen molar-refractivity contribution >= 4 is 36.0 Å². The standard InChI is InChI=1S/C20H41N5O2.HI/c1-5-13-24(14-6-2)15-9-12-22-19(21-7-3)23-18-10-16-25(17-11-18)20(26)27-8-4;/h18H,5-17H2,1-4H3,(H2,21,22,23);1H. The van der Waals surface area contributed by atoms with Gasteiger partial charge in [-0.3, -0.25) is 4.99 Å². The van der Waals surface area contributed by atoms with Crippen molar-refractivity contribution in [2.75, 3.05) is 52.4 Å². The number of nitrogens with one attached hydrogen (secondary N) is 2. The number of ether oxygens (including phenoxy) is 1. The van der Waals surface area contributed by atoms with Crippen molar-refractivity contribution in [2.45, 2.75) is 65.8 Å². The third kappa shape index (κ3) is 11.3. The lowest BCUT2D eigenvalue weighted by molar-refractivity contribution is 0.0963. The van der Waals surface area contributed by atoms with E-state index in [-0.39, 0.29) is 30.1 Å². The van der Waals surface area contributed by atoms with Crippen LogP contribution in [-0.4, -0.2) is 80.3 Å². The normalized spacial score (nSPS) is 15.3. The average molecular weight is 511 g/mol. The van der Waals surface area contributed by atoms with Crippen LogP contribution in [0.25, 0.3) is 0 Å². The van der Waals surface area contributed by atoms with Crippen LogP contribution >= 0.6 is 24.0 Å². The highest BCUT2D eigenvalue weighted by Gasteiger charge is 2.23. The molecule has 1 saturated heterocycles. The van der Waals surface area contributed by atoms with E-state index in [1.807, 2.05) is 6.92 Å². The fraction of sp³-hybridized carbons (Fsp3) is 0.900. The second-order valence-electron chi connectivity index (χ2n) is 7.06. The SMILES string of the molecule is CCCN(CCC)CCCN=C(NCC)NC1CCN(C(=O)OCC)CC1.I. The molecule has 28 heavy (non-hydrogen) atoms. The summed E-state index contributed by atoms with van der Waals surface area (Å²) in [4.78, 5) is 20.9. The van der Waals surface area contributed by atoms with Crippen LogP contribution < -0.4 is 10.6 Å². The second kappa shape index (κ2) is 17.1. The molecule has 2 N–H and O–H groups in total. The molecular weight excluding hydrogens is 469 g/mol. The Morgan fingerprint density at radius 1 is 1.11 bits per heavy atom. The third-order valence-electron chi connectivity index (χ3n) is 4.69. The number of likely N-dealkylation sites (tertiary alicyclic amines) is 1. The summed E-state index contributed by atoms with van der Waals surface area (Å²) in [6, 6.07) is 0.352. The summed E-state index contributed by atoms with van der Waals surface area (Å²) < 4.78 is 5.08. The van der Waals surface area contributed by atoms with Crippen molar-refractivity contribution in [1.29, 1.82) is 0 Å². The molecule has 0 aromatic rings. The highest BCUT2D eigenvalue weighted by molar-refractivity contribution is 14.0. The number of rotatable bonds is 11. The van der Waals surface area contributed by atoms with Crippen LogP contribution in [0.4, 0.5) is 4.79 Å². The Labute approximate surface area is 189 Å². The minimum absolute atomic E-state index is 0. The number of guanidine groups is 1. The van der Waals surface area contributed by atoms with Crippen molar-refractivity contribution in [3.05, 3.63) is 0 Å². The molecule has 0 aromatic carbocycles. The number of halogens is 1. The van der Waals surface area contributed by atoms with Gasteiger partial charge in [-0.2, -0.15) is 0 Å². The zero-order valence-corrected chi connectivity index (χ0v) is 20.7. The minimum Gasteiger partial charge on any atom is -0.450 e. The van der Waals surface area contributed by atoms with E-state index in [9.17, 15) is 4.79 Å². The van der Waals surface area contributed by atoms with Crippen molar-refractivity contribution < 1.29 is 9.53 Å².